The predicted octanol–water partition coefficient (Wildman–Crippen LogP) is 2.69. The van der Waals surface area contributed by atoms with Gasteiger partial charge in [0.1, 0.15) is 0 Å². The maximum atomic E-state index is 5.81. The topological polar surface area (TPSA) is 55.9 Å². The standard InChI is InChI=1S/C17H20N4/c1-3-12-8-10-13(11-9-12)16(19-18)17-14-6-4-5-7-15(14)21(2)20-17/h4-11,16,19H,3,18H2,1-2H3. The van der Waals surface area contributed by atoms with Gasteiger partial charge in [0.2, 0.25) is 0 Å². The quantitative estimate of drug-likeness (QED) is 0.570. The summed E-state index contributed by atoms with van der Waals surface area (Å²) in [5.41, 5.74) is 7.41. The molecule has 3 N–H and O–H groups in total. The number of hydrogen-bond donors (Lipinski definition) is 2. The first kappa shape index (κ1) is 13.8. The molecule has 4 heteroatoms. The van der Waals surface area contributed by atoms with Gasteiger partial charge in [-0.3, -0.25) is 10.5 Å². The van der Waals surface area contributed by atoms with E-state index in [-0.39, 0.29) is 6.04 Å². The Balaban J connectivity index is 2.09. The van der Waals surface area contributed by atoms with Crippen molar-refractivity contribution < 1.29 is 0 Å². The van der Waals surface area contributed by atoms with E-state index in [1.165, 1.54) is 5.56 Å². The maximum Gasteiger partial charge on any atom is 0.0930 e. The van der Waals surface area contributed by atoms with Crippen molar-refractivity contribution in [2.24, 2.45) is 12.9 Å². The number of rotatable bonds is 4. The largest absolute Gasteiger partial charge is 0.271 e. The molecule has 0 aliphatic carbocycles. The average molecular weight is 280 g/mol. The molecule has 108 valence electrons. The van der Waals surface area contributed by atoms with Crippen LogP contribution in [0.4, 0.5) is 0 Å². The summed E-state index contributed by atoms with van der Waals surface area (Å²) in [6.07, 6.45) is 1.04. The van der Waals surface area contributed by atoms with Crippen LogP contribution in [-0.2, 0) is 13.5 Å². The van der Waals surface area contributed by atoms with Gasteiger partial charge in [0, 0.05) is 12.4 Å². The van der Waals surface area contributed by atoms with E-state index in [1.54, 1.807) is 0 Å². The van der Waals surface area contributed by atoms with Crippen molar-refractivity contribution in [2.75, 3.05) is 0 Å². The minimum atomic E-state index is -0.109. The molecule has 3 aromatic rings. The molecule has 2 aromatic carbocycles. The summed E-state index contributed by atoms with van der Waals surface area (Å²) in [5, 5.41) is 5.78. The van der Waals surface area contributed by atoms with Gasteiger partial charge in [-0.1, -0.05) is 49.4 Å². The van der Waals surface area contributed by atoms with Crippen LogP contribution in [0, 0.1) is 0 Å². The van der Waals surface area contributed by atoms with E-state index in [2.05, 4.69) is 53.8 Å². The second-order valence-electron chi connectivity index (χ2n) is 5.22. The van der Waals surface area contributed by atoms with Crippen LogP contribution in [0.3, 0.4) is 0 Å². The van der Waals surface area contributed by atoms with Gasteiger partial charge >= 0.3 is 0 Å². The van der Waals surface area contributed by atoms with E-state index in [4.69, 9.17) is 5.84 Å². The molecule has 21 heavy (non-hydrogen) atoms. The highest BCUT2D eigenvalue weighted by Crippen LogP contribution is 2.27. The normalized spacial score (nSPS) is 12.7. The monoisotopic (exact) mass is 280 g/mol. The van der Waals surface area contributed by atoms with E-state index >= 15 is 0 Å². The fourth-order valence-electron chi connectivity index (χ4n) is 2.73. The number of para-hydroxylation sites is 1. The van der Waals surface area contributed by atoms with Crippen LogP contribution in [0.15, 0.2) is 48.5 Å². The summed E-state index contributed by atoms with van der Waals surface area (Å²) in [5.74, 6) is 5.81. The highest BCUT2D eigenvalue weighted by atomic mass is 15.3. The molecule has 0 aliphatic heterocycles. The van der Waals surface area contributed by atoms with Crippen molar-refractivity contribution >= 4 is 10.9 Å². The van der Waals surface area contributed by atoms with Crippen molar-refractivity contribution in [1.82, 2.24) is 15.2 Å². The minimum absolute atomic E-state index is 0.109. The van der Waals surface area contributed by atoms with E-state index in [0.29, 0.717) is 0 Å². The molecule has 0 spiro atoms. The Morgan fingerprint density at radius 2 is 1.86 bits per heavy atom. The molecule has 0 saturated heterocycles. The number of nitrogens with zero attached hydrogens (tertiary/aromatic N) is 2. The van der Waals surface area contributed by atoms with Gasteiger partial charge < -0.3 is 0 Å². The lowest BCUT2D eigenvalue weighted by Crippen LogP contribution is -2.29. The zero-order valence-electron chi connectivity index (χ0n) is 12.4. The van der Waals surface area contributed by atoms with Crippen molar-refractivity contribution in [1.29, 1.82) is 0 Å². The molecular formula is C17H20N4. The summed E-state index contributed by atoms with van der Waals surface area (Å²) in [7, 11) is 1.96. The Hall–Kier alpha value is -2.17. The number of nitrogens with one attached hydrogen (secondary N) is 1. The van der Waals surface area contributed by atoms with Crippen LogP contribution in [0.5, 0.6) is 0 Å². The summed E-state index contributed by atoms with van der Waals surface area (Å²) in [6.45, 7) is 2.15. The molecule has 1 aromatic heterocycles. The molecule has 1 atom stereocenters. The minimum Gasteiger partial charge on any atom is -0.271 e. The van der Waals surface area contributed by atoms with E-state index in [9.17, 15) is 0 Å². The maximum absolute atomic E-state index is 5.81. The van der Waals surface area contributed by atoms with Crippen molar-refractivity contribution in [3.8, 4) is 0 Å². The first-order chi connectivity index (χ1) is 10.2. The van der Waals surface area contributed by atoms with Gasteiger partial charge in [-0.05, 0) is 23.6 Å². The summed E-state index contributed by atoms with van der Waals surface area (Å²) < 4.78 is 1.90. The average Bonchev–Trinajstić information content (AvgIpc) is 2.86. The third-order valence-electron chi connectivity index (χ3n) is 3.95. The van der Waals surface area contributed by atoms with Gasteiger partial charge in [0.25, 0.3) is 0 Å². The molecule has 1 heterocycles. The second kappa shape index (κ2) is 5.68. The Kier molecular flexibility index (Phi) is 3.73. The highest BCUT2D eigenvalue weighted by molar-refractivity contribution is 5.82. The van der Waals surface area contributed by atoms with E-state index in [0.717, 1.165) is 28.6 Å². The van der Waals surface area contributed by atoms with Crippen LogP contribution in [0.25, 0.3) is 10.9 Å². The zero-order valence-corrected chi connectivity index (χ0v) is 12.4. The molecule has 0 radical (unpaired) electrons. The molecule has 0 saturated carbocycles. The molecule has 0 bridgehead atoms. The van der Waals surface area contributed by atoms with Crippen molar-refractivity contribution in [3.63, 3.8) is 0 Å². The summed E-state index contributed by atoms with van der Waals surface area (Å²) in [4.78, 5) is 0. The summed E-state index contributed by atoms with van der Waals surface area (Å²) >= 11 is 0. The Bertz CT molecular complexity index is 743. The first-order valence-corrected chi connectivity index (χ1v) is 7.21. The van der Waals surface area contributed by atoms with Gasteiger partial charge in [-0.2, -0.15) is 5.10 Å². The molecule has 0 amide bonds. The third-order valence-corrected chi connectivity index (χ3v) is 3.95. The number of hydrogen-bond acceptors (Lipinski definition) is 3. The van der Waals surface area contributed by atoms with Crippen molar-refractivity contribution in [2.45, 2.75) is 19.4 Å². The number of benzene rings is 2. The fraction of sp³-hybridized carbons (Fsp3) is 0.235. The van der Waals surface area contributed by atoms with Crippen LogP contribution >= 0.6 is 0 Å². The summed E-state index contributed by atoms with van der Waals surface area (Å²) in [6, 6.07) is 16.6. The van der Waals surface area contributed by atoms with Gasteiger partial charge in [0.15, 0.2) is 0 Å². The van der Waals surface area contributed by atoms with Crippen LogP contribution in [-0.4, -0.2) is 9.78 Å². The lowest BCUT2D eigenvalue weighted by Gasteiger charge is -2.15. The van der Waals surface area contributed by atoms with E-state index < -0.39 is 0 Å². The molecule has 1 unspecified atom stereocenters. The number of hydrazine groups is 1. The number of fused-ring (bicyclic) bond motifs is 1. The van der Waals surface area contributed by atoms with Gasteiger partial charge in [-0.15, -0.1) is 0 Å². The smallest absolute Gasteiger partial charge is 0.0930 e. The number of aryl methyl sites for hydroxylation is 2. The zero-order chi connectivity index (χ0) is 14.8. The number of aromatic nitrogens is 2. The fourth-order valence-corrected chi connectivity index (χ4v) is 2.73. The van der Waals surface area contributed by atoms with Crippen LogP contribution < -0.4 is 11.3 Å². The van der Waals surface area contributed by atoms with Crippen molar-refractivity contribution in [3.05, 3.63) is 65.4 Å². The molecule has 0 fully saturated rings. The first-order valence-electron chi connectivity index (χ1n) is 7.21. The van der Waals surface area contributed by atoms with Gasteiger partial charge in [0.05, 0.1) is 17.3 Å². The van der Waals surface area contributed by atoms with Gasteiger partial charge in [-0.25, -0.2) is 5.43 Å². The molecule has 4 nitrogen and oxygen atoms in total. The third kappa shape index (κ3) is 2.44. The highest BCUT2D eigenvalue weighted by Gasteiger charge is 2.19. The predicted molar refractivity (Wildman–Crippen MR) is 85.7 cm³/mol. The molecule has 0 aliphatic rings. The number of nitrogens with two attached hydrogens (primary N) is 1. The molecule has 3 rings (SSSR count). The Morgan fingerprint density at radius 3 is 2.52 bits per heavy atom. The van der Waals surface area contributed by atoms with E-state index in [1.807, 2.05) is 23.9 Å². The Morgan fingerprint density at radius 1 is 1.14 bits per heavy atom. The lowest BCUT2D eigenvalue weighted by atomic mass is 10.00. The SMILES string of the molecule is CCc1ccc(C(NN)c2nn(C)c3ccccc23)cc1. The Labute approximate surface area is 124 Å². The van der Waals surface area contributed by atoms with Crippen LogP contribution in [0.1, 0.15) is 29.8 Å². The van der Waals surface area contributed by atoms with Crippen LogP contribution in [0.2, 0.25) is 0 Å². The lowest BCUT2D eigenvalue weighted by molar-refractivity contribution is 0.608. The second-order valence-corrected chi connectivity index (χ2v) is 5.22. The molecular weight excluding hydrogens is 260 g/mol.